The lowest BCUT2D eigenvalue weighted by atomic mass is 9.88. The van der Waals surface area contributed by atoms with Crippen LogP contribution >= 0.6 is 0 Å². The maximum absolute atomic E-state index is 13.5. The lowest BCUT2D eigenvalue weighted by Crippen LogP contribution is -2.26. The van der Waals surface area contributed by atoms with Gasteiger partial charge in [0, 0.05) is 11.3 Å². The number of hydrogen-bond donors (Lipinski definition) is 0. The topological polar surface area (TPSA) is 64.2 Å². The molecule has 3 aromatic carbocycles. The van der Waals surface area contributed by atoms with Crippen LogP contribution in [0.15, 0.2) is 90.2 Å². The quantitative estimate of drug-likeness (QED) is 0.335. The molecule has 1 heterocycles. The summed E-state index contributed by atoms with van der Waals surface area (Å²) in [5.41, 5.74) is 3.43. The molecule has 4 rings (SSSR count). The Hall–Kier alpha value is -4.30. The van der Waals surface area contributed by atoms with Gasteiger partial charge in [0.2, 0.25) is 0 Å². The molecule has 1 atom stereocenters. The van der Waals surface area contributed by atoms with Crippen molar-refractivity contribution in [2.45, 2.75) is 18.9 Å². The van der Waals surface area contributed by atoms with Crippen LogP contribution in [0.1, 0.15) is 28.2 Å². The molecule has 0 saturated heterocycles. The summed E-state index contributed by atoms with van der Waals surface area (Å²) in [6.45, 7) is 4.38. The fraction of sp³-hybridized carbons (Fsp3) is 0.172. The van der Waals surface area contributed by atoms with E-state index in [1.54, 1.807) is 18.8 Å². The third kappa shape index (κ3) is 4.44. The molecule has 0 unspecified atom stereocenters. The van der Waals surface area contributed by atoms with Gasteiger partial charge in [-0.15, -0.1) is 6.58 Å². The number of allylic oxidation sites excluding steroid dienone is 1. The Morgan fingerprint density at radius 1 is 0.971 bits per heavy atom. The summed E-state index contributed by atoms with van der Waals surface area (Å²) in [6, 6.07) is 25.3. The molecule has 0 aliphatic rings. The van der Waals surface area contributed by atoms with E-state index in [4.69, 9.17) is 9.47 Å². The molecular weight excluding hydrogens is 424 g/mol. The second-order valence-corrected chi connectivity index (χ2v) is 8.04. The lowest BCUT2D eigenvalue weighted by Gasteiger charge is -2.19. The monoisotopic (exact) mass is 450 g/mol. The molecule has 0 spiro atoms. The number of rotatable bonds is 8. The number of nitriles is 1. The molecule has 34 heavy (non-hydrogen) atoms. The van der Waals surface area contributed by atoms with Crippen molar-refractivity contribution in [2.75, 3.05) is 14.2 Å². The van der Waals surface area contributed by atoms with Crippen LogP contribution < -0.4 is 15.0 Å². The molecular formula is C29H26N2O3. The van der Waals surface area contributed by atoms with Crippen LogP contribution in [-0.4, -0.2) is 18.8 Å². The van der Waals surface area contributed by atoms with Gasteiger partial charge in [-0.05, 0) is 53.4 Å². The van der Waals surface area contributed by atoms with Gasteiger partial charge in [-0.2, -0.15) is 5.26 Å². The number of pyridine rings is 1. The highest BCUT2D eigenvalue weighted by molar-refractivity contribution is 5.85. The van der Waals surface area contributed by atoms with Crippen molar-refractivity contribution in [1.82, 2.24) is 4.57 Å². The number of para-hydroxylation sites is 1. The van der Waals surface area contributed by atoms with Crippen molar-refractivity contribution in [2.24, 2.45) is 0 Å². The van der Waals surface area contributed by atoms with Crippen LogP contribution in [0.4, 0.5) is 0 Å². The molecule has 170 valence electrons. The van der Waals surface area contributed by atoms with Gasteiger partial charge in [-0.1, -0.05) is 48.5 Å². The fourth-order valence-corrected chi connectivity index (χ4v) is 4.28. The Bertz CT molecular complexity index is 1410. The third-order valence-electron chi connectivity index (χ3n) is 6.14. The van der Waals surface area contributed by atoms with Gasteiger partial charge in [-0.3, -0.25) is 4.79 Å². The van der Waals surface area contributed by atoms with E-state index in [9.17, 15) is 10.1 Å². The van der Waals surface area contributed by atoms with Crippen molar-refractivity contribution in [3.8, 4) is 17.6 Å². The molecule has 0 saturated carbocycles. The zero-order valence-corrected chi connectivity index (χ0v) is 19.3. The zero-order valence-electron chi connectivity index (χ0n) is 19.3. The van der Waals surface area contributed by atoms with Crippen LogP contribution in [0.2, 0.25) is 0 Å². The average Bonchev–Trinajstić information content (AvgIpc) is 2.89. The average molecular weight is 451 g/mol. The summed E-state index contributed by atoms with van der Waals surface area (Å²) in [4.78, 5) is 13.5. The Kier molecular flexibility index (Phi) is 6.79. The molecule has 0 fully saturated rings. The fourth-order valence-electron chi connectivity index (χ4n) is 4.28. The number of ether oxygens (including phenoxy) is 2. The van der Waals surface area contributed by atoms with Gasteiger partial charge < -0.3 is 14.0 Å². The molecule has 5 nitrogen and oxygen atoms in total. The van der Waals surface area contributed by atoms with Crippen molar-refractivity contribution in [3.05, 3.63) is 118 Å². The predicted molar refractivity (Wildman–Crippen MR) is 135 cm³/mol. The molecule has 0 amide bonds. The number of fused-ring (bicyclic) bond motifs is 1. The second kappa shape index (κ2) is 10.1. The van der Waals surface area contributed by atoms with Crippen LogP contribution in [0.3, 0.4) is 0 Å². The van der Waals surface area contributed by atoms with Crippen LogP contribution in [0.25, 0.3) is 10.9 Å². The van der Waals surface area contributed by atoms with E-state index < -0.39 is 0 Å². The molecule has 0 radical (unpaired) electrons. The largest absolute Gasteiger partial charge is 0.497 e. The highest BCUT2D eigenvalue weighted by Crippen LogP contribution is 2.29. The van der Waals surface area contributed by atoms with E-state index in [-0.39, 0.29) is 17.0 Å². The summed E-state index contributed by atoms with van der Waals surface area (Å²) >= 11 is 0. The van der Waals surface area contributed by atoms with Crippen molar-refractivity contribution in [3.63, 3.8) is 0 Å². The molecule has 5 heteroatoms. The maximum Gasteiger partial charge on any atom is 0.269 e. The van der Waals surface area contributed by atoms with Gasteiger partial charge in [0.05, 0.1) is 26.3 Å². The SMILES string of the molecule is C=C[C@H](Cc1c(C#N)c(=O)n(Cc2ccc(OC)cc2)c2ccccc12)c1ccc(OC)cc1. The van der Waals surface area contributed by atoms with E-state index in [1.807, 2.05) is 78.9 Å². The minimum atomic E-state index is -0.287. The molecule has 0 aliphatic heterocycles. The number of aromatic nitrogens is 1. The molecule has 4 aromatic rings. The first-order valence-electron chi connectivity index (χ1n) is 11.0. The minimum absolute atomic E-state index is 0.0572. The second-order valence-electron chi connectivity index (χ2n) is 8.04. The Morgan fingerprint density at radius 3 is 2.18 bits per heavy atom. The maximum atomic E-state index is 13.5. The van der Waals surface area contributed by atoms with E-state index in [1.165, 1.54) is 0 Å². The first-order chi connectivity index (χ1) is 16.6. The van der Waals surface area contributed by atoms with E-state index in [0.717, 1.165) is 39.1 Å². The highest BCUT2D eigenvalue weighted by Gasteiger charge is 2.20. The molecule has 0 aliphatic carbocycles. The Labute approximate surface area is 199 Å². The summed E-state index contributed by atoms with van der Waals surface area (Å²) in [5, 5.41) is 10.9. The van der Waals surface area contributed by atoms with Crippen molar-refractivity contribution >= 4 is 10.9 Å². The van der Waals surface area contributed by atoms with E-state index >= 15 is 0 Å². The smallest absolute Gasteiger partial charge is 0.269 e. The predicted octanol–water partition coefficient (Wildman–Crippen LogP) is 5.45. The van der Waals surface area contributed by atoms with Crippen LogP contribution in [0.5, 0.6) is 11.5 Å². The first-order valence-corrected chi connectivity index (χ1v) is 11.0. The molecule has 0 bridgehead atoms. The van der Waals surface area contributed by atoms with Gasteiger partial charge in [0.1, 0.15) is 23.1 Å². The lowest BCUT2D eigenvalue weighted by molar-refractivity contribution is 0.414. The Balaban J connectivity index is 1.81. The third-order valence-corrected chi connectivity index (χ3v) is 6.14. The standard InChI is InChI=1S/C29H26N2O3/c1-4-21(22-11-15-24(34-3)16-12-22)17-26-25-7-5-6-8-28(25)31(29(32)27(26)18-30)19-20-9-13-23(33-2)14-10-20/h4-16,21H,1,17,19H2,2-3H3/t21-/m1/s1. The highest BCUT2D eigenvalue weighted by atomic mass is 16.5. The van der Waals surface area contributed by atoms with Gasteiger partial charge in [0.15, 0.2) is 0 Å². The summed E-state index contributed by atoms with van der Waals surface area (Å²) in [5.74, 6) is 1.47. The summed E-state index contributed by atoms with van der Waals surface area (Å²) in [7, 11) is 3.25. The number of nitrogens with zero attached hydrogens (tertiary/aromatic N) is 2. The van der Waals surface area contributed by atoms with Gasteiger partial charge in [0.25, 0.3) is 5.56 Å². The summed E-state index contributed by atoms with van der Waals surface area (Å²) < 4.78 is 12.2. The Morgan fingerprint density at radius 2 is 1.59 bits per heavy atom. The molecule has 1 aromatic heterocycles. The first kappa shape index (κ1) is 22.9. The van der Waals surface area contributed by atoms with Gasteiger partial charge in [-0.25, -0.2) is 0 Å². The number of hydrogen-bond acceptors (Lipinski definition) is 4. The number of benzene rings is 3. The normalized spacial score (nSPS) is 11.6. The summed E-state index contributed by atoms with van der Waals surface area (Å²) in [6.07, 6.45) is 2.36. The van der Waals surface area contributed by atoms with Gasteiger partial charge >= 0.3 is 0 Å². The van der Waals surface area contributed by atoms with E-state index in [0.29, 0.717) is 13.0 Å². The zero-order chi connectivity index (χ0) is 24.1. The van der Waals surface area contributed by atoms with Crippen LogP contribution in [0, 0.1) is 11.3 Å². The van der Waals surface area contributed by atoms with Crippen LogP contribution in [-0.2, 0) is 13.0 Å². The minimum Gasteiger partial charge on any atom is -0.497 e. The number of methoxy groups -OCH3 is 2. The molecule has 0 N–H and O–H groups in total. The van der Waals surface area contributed by atoms with Crippen molar-refractivity contribution < 1.29 is 9.47 Å². The van der Waals surface area contributed by atoms with E-state index in [2.05, 4.69) is 12.6 Å². The van der Waals surface area contributed by atoms with Crippen molar-refractivity contribution in [1.29, 1.82) is 5.26 Å².